The number of benzene rings is 1. The summed E-state index contributed by atoms with van der Waals surface area (Å²) in [6.07, 6.45) is 4.62. The van der Waals surface area contributed by atoms with Crippen molar-refractivity contribution in [3.8, 4) is 10.6 Å². The number of rotatable bonds is 5. The van der Waals surface area contributed by atoms with Crippen LogP contribution in [0.15, 0.2) is 60.2 Å². The highest BCUT2D eigenvalue weighted by atomic mass is 32.1. The van der Waals surface area contributed by atoms with E-state index in [0.29, 0.717) is 32.5 Å². The second-order valence-electron chi connectivity index (χ2n) is 6.49. The van der Waals surface area contributed by atoms with Gasteiger partial charge in [0.2, 0.25) is 5.91 Å². The number of ether oxygens (including phenoxy) is 1. The SMILES string of the molecule is O=C(CCc1csc(-c2ccncc2)n1)N1CCOC(c2ccccc2)C1. The molecule has 0 spiro atoms. The fraction of sp³-hybridized carbons (Fsp3) is 0.286. The Labute approximate surface area is 162 Å². The first-order valence-electron chi connectivity index (χ1n) is 9.09. The van der Waals surface area contributed by atoms with E-state index in [9.17, 15) is 4.79 Å². The number of thiazole rings is 1. The zero-order valence-corrected chi connectivity index (χ0v) is 15.8. The number of nitrogens with zero attached hydrogens (tertiary/aromatic N) is 3. The number of carbonyl (C=O) groups is 1. The molecule has 27 heavy (non-hydrogen) atoms. The van der Waals surface area contributed by atoms with E-state index in [1.165, 1.54) is 0 Å². The predicted molar refractivity (Wildman–Crippen MR) is 105 cm³/mol. The smallest absolute Gasteiger partial charge is 0.223 e. The van der Waals surface area contributed by atoms with Crippen molar-refractivity contribution >= 4 is 17.2 Å². The summed E-state index contributed by atoms with van der Waals surface area (Å²) in [6, 6.07) is 14.0. The lowest BCUT2D eigenvalue weighted by Gasteiger charge is -2.33. The van der Waals surface area contributed by atoms with Crippen LogP contribution < -0.4 is 0 Å². The molecule has 1 atom stereocenters. The first-order valence-corrected chi connectivity index (χ1v) is 9.97. The third-order valence-electron chi connectivity index (χ3n) is 4.66. The molecule has 3 aromatic rings. The zero-order chi connectivity index (χ0) is 18.5. The Morgan fingerprint density at radius 2 is 2.00 bits per heavy atom. The van der Waals surface area contributed by atoms with Crippen LogP contribution in [0.2, 0.25) is 0 Å². The fourth-order valence-electron chi connectivity index (χ4n) is 3.19. The first kappa shape index (κ1) is 17.8. The van der Waals surface area contributed by atoms with E-state index < -0.39 is 0 Å². The molecule has 5 nitrogen and oxygen atoms in total. The molecule has 138 valence electrons. The van der Waals surface area contributed by atoms with Crippen LogP contribution in [0.1, 0.15) is 23.8 Å². The number of amides is 1. The minimum absolute atomic E-state index is 0.0403. The molecule has 3 heterocycles. The summed E-state index contributed by atoms with van der Waals surface area (Å²) < 4.78 is 5.85. The lowest BCUT2D eigenvalue weighted by molar-refractivity contribution is -0.139. The molecular weight excluding hydrogens is 358 g/mol. The van der Waals surface area contributed by atoms with Crippen molar-refractivity contribution in [1.29, 1.82) is 0 Å². The standard InChI is InChI=1S/C21H21N3O2S/c25-20(24-12-13-26-19(14-24)16-4-2-1-3-5-16)7-6-18-15-27-21(23-18)17-8-10-22-11-9-17/h1-5,8-11,15,19H,6-7,12-14H2. The molecule has 2 aromatic heterocycles. The third kappa shape index (κ3) is 4.40. The van der Waals surface area contributed by atoms with E-state index in [1.54, 1.807) is 23.7 Å². The summed E-state index contributed by atoms with van der Waals surface area (Å²) in [7, 11) is 0. The summed E-state index contributed by atoms with van der Waals surface area (Å²) in [5.41, 5.74) is 3.15. The second-order valence-corrected chi connectivity index (χ2v) is 7.35. The predicted octanol–water partition coefficient (Wildman–Crippen LogP) is 3.74. The summed E-state index contributed by atoms with van der Waals surface area (Å²) in [6.45, 7) is 1.85. The van der Waals surface area contributed by atoms with Gasteiger partial charge in [0, 0.05) is 36.3 Å². The number of pyridine rings is 1. The summed E-state index contributed by atoms with van der Waals surface area (Å²) in [4.78, 5) is 23.3. The van der Waals surface area contributed by atoms with Gasteiger partial charge in [-0.25, -0.2) is 4.98 Å². The van der Waals surface area contributed by atoms with Crippen LogP contribution in [-0.4, -0.2) is 40.5 Å². The molecule has 0 radical (unpaired) electrons. The fourth-order valence-corrected chi connectivity index (χ4v) is 4.05. The highest BCUT2D eigenvalue weighted by Gasteiger charge is 2.25. The number of aromatic nitrogens is 2. The van der Waals surface area contributed by atoms with Gasteiger partial charge in [-0.3, -0.25) is 9.78 Å². The van der Waals surface area contributed by atoms with E-state index in [-0.39, 0.29) is 12.0 Å². The van der Waals surface area contributed by atoms with Gasteiger partial charge in [0.05, 0.1) is 18.8 Å². The van der Waals surface area contributed by atoms with E-state index in [1.807, 2.05) is 40.6 Å². The van der Waals surface area contributed by atoms with Crippen LogP contribution in [-0.2, 0) is 16.0 Å². The number of hydrogen-bond donors (Lipinski definition) is 0. The highest BCUT2D eigenvalue weighted by Crippen LogP contribution is 2.25. The van der Waals surface area contributed by atoms with Gasteiger partial charge in [-0.15, -0.1) is 11.3 Å². The average molecular weight is 379 g/mol. The molecule has 1 unspecified atom stereocenters. The van der Waals surface area contributed by atoms with Crippen LogP contribution in [0, 0.1) is 0 Å². The molecular formula is C21H21N3O2S. The van der Waals surface area contributed by atoms with E-state index >= 15 is 0 Å². The molecule has 0 saturated carbocycles. The summed E-state index contributed by atoms with van der Waals surface area (Å²) >= 11 is 1.60. The summed E-state index contributed by atoms with van der Waals surface area (Å²) in [5.74, 6) is 0.165. The topological polar surface area (TPSA) is 55.3 Å². The molecule has 0 aliphatic carbocycles. The second kappa shape index (κ2) is 8.41. The minimum Gasteiger partial charge on any atom is -0.370 e. The van der Waals surface area contributed by atoms with Crippen molar-refractivity contribution in [2.75, 3.05) is 19.7 Å². The Hall–Kier alpha value is -2.57. The molecule has 4 rings (SSSR count). The number of hydrogen-bond acceptors (Lipinski definition) is 5. The summed E-state index contributed by atoms with van der Waals surface area (Å²) in [5, 5.41) is 3.00. The van der Waals surface area contributed by atoms with Gasteiger partial charge < -0.3 is 9.64 Å². The Bertz CT molecular complexity index is 883. The molecule has 0 bridgehead atoms. The highest BCUT2D eigenvalue weighted by molar-refractivity contribution is 7.13. The van der Waals surface area contributed by atoms with Crippen LogP contribution in [0.5, 0.6) is 0 Å². The molecule has 1 aromatic carbocycles. The maximum atomic E-state index is 12.7. The van der Waals surface area contributed by atoms with Crippen molar-refractivity contribution in [3.63, 3.8) is 0 Å². The molecule has 1 amide bonds. The van der Waals surface area contributed by atoms with Gasteiger partial charge >= 0.3 is 0 Å². The maximum Gasteiger partial charge on any atom is 0.223 e. The van der Waals surface area contributed by atoms with Crippen molar-refractivity contribution in [3.05, 3.63) is 71.5 Å². The van der Waals surface area contributed by atoms with Gasteiger partial charge in [-0.05, 0) is 24.1 Å². The Morgan fingerprint density at radius 3 is 2.81 bits per heavy atom. The lowest BCUT2D eigenvalue weighted by Crippen LogP contribution is -2.42. The Balaban J connectivity index is 1.33. The zero-order valence-electron chi connectivity index (χ0n) is 15.0. The molecule has 6 heteroatoms. The molecule has 1 aliphatic rings. The van der Waals surface area contributed by atoms with Crippen molar-refractivity contribution in [1.82, 2.24) is 14.9 Å². The minimum atomic E-state index is -0.0403. The number of morpholine rings is 1. The van der Waals surface area contributed by atoms with Crippen molar-refractivity contribution in [2.45, 2.75) is 18.9 Å². The van der Waals surface area contributed by atoms with E-state index in [4.69, 9.17) is 4.74 Å². The van der Waals surface area contributed by atoms with Crippen molar-refractivity contribution < 1.29 is 9.53 Å². The quantitative estimate of drug-likeness (QED) is 0.678. The molecule has 1 saturated heterocycles. The van der Waals surface area contributed by atoms with Crippen LogP contribution in [0.4, 0.5) is 0 Å². The van der Waals surface area contributed by atoms with E-state index in [2.05, 4.69) is 22.1 Å². The average Bonchev–Trinajstić information content (AvgIpc) is 3.22. The van der Waals surface area contributed by atoms with Gasteiger partial charge in [-0.2, -0.15) is 0 Å². The van der Waals surface area contributed by atoms with Crippen LogP contribution >= 0.6 is 11.3 Å². The Morgan fingerprint density at radius 1 is 1.19 bits per heavy atom. The Kier molecular flexibility index (Phi) is 5.55. The van der Waals surface area contributed by atoms with Gasteiger partial charge in [0.1, 0.15) is 11.1 Å². The normalized spacial score (nSPS) is 17.0. The molecule has 1 fully saturated rings. The maximum absolute atomic E-state index is 12.7. The van der Waals surface area contributed by atoms with Crippen LogP contribution in [0.25, 0.3) is 10.6 Å². The van der Waals surface area contributed by atoms with Gasteiger partial charge in [-0.1, -0.05) is 30.3 Å². The number of aryl methyl sites for hydroxylation is 1. The molecule has 1 aliphatic heterocycles. The van der Waals surface area contributed by atoms with Crippen LogP contribution in [0.3, 0.4) is 0 Å². The lowest BCUT2D eigenvalue weighted by atomic mass is 10.1. The third-order valence-corrected chi connectivity index (χ3v) is 5.60. The molecule has 0 N–H and O–H groups in total. The van der Waals surface area contributed by atoms with Crippen molar-refractivity contribution in [2.24, 2.45) is 0 Å². The van der Waals surface area contributed by atoms with E-state index in [0.717, 1.165) is 21.8 Å². The monoisotopic (exact) mass is 379 g/mol. The van der Waals surface area contributed by atoms with Gasteiger partial charge in [0.15, 0.2) is 0 Å². The van der Waals surface area contributed by atoms with Gasteiger partial charge in [0.25, 0.3) is 0 Å². The largest absolute Gasteiger partial charge is 0.370 e. The first-order chi connectivity index (χ1) is 13.3. The number of carbonyl (C=O) groups excluding carboxylic acids is 1.